The molecule has 0 atom stereocenters. The minimum absolute atomic E-state index is 0.261. The topological polar surface area (TPSA) is 37.8 Å². The smallest absolute Gasteiger partial charge is 0.227 e. The van der Waals surface area contributed by atoms with Crippen LogP contribution >= 0.6 is 11.8 Å². The fraction of sp³-hybridized carbons (Fsp3) is 0.0588. The molecule has 3 nitrogen and oxygen atoms in total. The molecule has 0 aliphatic carbocycles. The summed E-state index contributed by atoms with van der Waals surface area (Å²) >= 11 is 1.80. The fourth-order valence-electron chi connectivity index (χ4n) is 2.41. The number of rotatable bonds is 2. The zero-order valence-electron chi connectivity index (χ0n) is 11.6. The van der Waals surface area contributed by atoms with Gasteiger partial charge in [0.1, 0.15) is 5.82 Å². The van der Waals surface area contributed by atoms with Crippen LogP contribution in [0.5, 0.6) is 0 Å². The summed E-state index contributed by atoms with van der Waals surface area (Å²) in [5.74, 6) is 1.14. The zero-order chi connectivity index (χ0) is 14.9. The average Bonchev–Trinajstić information content (AvgIpc) is 2.57. The maximum atomic E-state index is 13.0. The number of thioether (sulfide) groups is 1. The van der Waals surface area contributed by atoms with Gasteiger partial charge in [0.15, 0.2) is 0 Å². The molecule has 1 aromatic heterocycles. The molecule has 1 aliphatic heterocycles. The number of fused-ring (bicyclic) bond motifs is 3. The summed E-state index contributed by atoms with van der Waals surface area (Å²) in [7, 11) is 0. The van der Waals surface area contributed by atoms with Crippen molar-refractivity contribution in [1.82, 2.24) is 9.97 Å². The van der Waals surface area contributed by atoms with Crippen molar-refractivity contribution in [2.45, 2.75) is 10.6 Å². The Morgan fingerprint density at radius 1 is 1.05 bits per heavy atom. The summed E-state index contributed by atoms with van der Waals surface area (Å²) in [6.07, 6.45) is 1.86. The molecule has 1 N–H and O–H groups in total. The lowest BCUT2D eigenvalue weighted by Gasteiger charge is -2.18. The summed E-state index contributed by atoms with van der Waals surface area (Å²) in [4.78, 5) is 10.2. The number of aromatic nitrogens is 2. The second-order valence-corrected chi connectivity index (χ2v) is 6.00. The van der Waals surface area contributed by atoms with Gasteiger partial charge in [-0.2, -0.15) is 0 Å². The van der Waals surface area contributed by atoms with Gasteiger partial charge in [0.05, 0.1) is 5.69 Å². The van der Waals surface area contributed by atoms with E-state index in [1.54, 1.807) is 23.9 Å². The number of halogens is 1. The van der Waals surface area contributed by atoms with E-state index in [1.165, 1.54) is 17.0 Å². The van der Waals surface area contributed by atoms with Gasteiger partial charge in [-0.3, -0.25) is 0 Å². The Bertz CT molecular complexity index is 834. The first-order chi connectivity index (χ1) is 10.8. The maximum Gasteiger partial charge on any atom is 0.227 e. The third-order valence-corrected chi connectivity index (χ3v) is 4.61. The molecule has 4 rings (SSSR count). The lowest BCUT2D eigenvalue weighted by Crippen LogP contribution is -2.04. The van der Waals surface area contributed by atoms with Crippen LogP contribution in [0.3, 0.4) is 0 Å². The van der Waals surface area contributed by atoms with Gasteiger partial charge in [-0.25, -0.2) is 14.4 Å². The summed E-state index contributed by atoms with van der Waals surface area (Å²) in [6.45, 7) is 0. The van der Waals surface area contributed by atoms with Crippen molar-refractivity contribution in [3.05, 3.63) is 66.1 Å². The zero-order valence-corrected chi connectivity index (χ0v) is 12.4. The van der Waals surface area contributed by atoms with Crippen molar-refractivity contribution >= 4 is 23.4 Å². The first kappa shape index (κ1) is 13.3. The Labute approximate surface area is 131 Å². The molecule has 0 unspecified atom stereocenters. The third-order valence-electron chi connectivity index (χ3n) is 3.49. The molecule has 0 radical (unpaired) electrons. The van der Waals surface area contributed by atoms with Crippen LogP contribution in [0.1, 0.15) is 5.56 Å². The summed E-state index contributed by atoms with van der Waals surface area (Å²) < 4.78 is 13.0. The second kappa shape index (κ2) is 5.42. The molecule has 0 fully saturated rings. The van der Waals surface area contributed by atoms with Crippen LogP contribution in [0.4, 0.5) is 16.0 Å². The molecule has 0 bridgehead atoms. The van der Waals surface area contributed by atoms with E-state index in [0.717, 1.165) is 28.3 Å². The van der Waals surface area contributed by atoms with E-state index < -0.39 is 0 Å². The van der Waals surface area contributed by atoms with Crippen molar-refractivity contribution in [2.75, 3.05) is 5.32 Å². The second-order valence-electron chi connectivity index (χ2n) is 4.98. The lowest BCUT2D eigenvalue weighted by molar-refractivity contribution is 0.628. The standard InChI is InChI=1S/C17H12FN3S/c18-12-5-7-13(8-6-12)20-17-19-9-11-10-22-15-4-2-1-3-14(15)16(11)21-17/h1-9H,10H2,(H,19,20,21). The molecular formula is C17H12FN3S. The van der Waals surface area contributed by atoms with Gasteiger partial charge in [-0.1, -0.05) is 18.2 Å². The molecule has 0 saturated heterocycles. The van der Waals surface area contributed by atoms with Crippen molar-refractivity contribution in [1.29, 1.82) is 0 Å². The Morgan fingerprint density at radius 2 is 1.86 bits per heavy atom. The molecule has 2 aromatic carbocycles. The van der Waals surface area contributed by atoms with Crippen LogP contribution in [0.2, 0.25) is 0 Å². The van der Waals surface area contributed by atoms with Gasteiger partial charge >= 0.3 is 0 Å². The summed E-state index contributed by atoms with van der Waals surface area (Å²) in [5.41, 5.74) is 4.00. The Kier molecular flexibility index (Phi) is 3.27. The molecule has 108 valence electrons. The van der Waals surface area contributed by atoms with Crippen LogP contribution in [-0.2, 0) is 5.75 Å². The van der Waals surface area contributed by atoms with Crippen molar-refractivity contribution in [2.24, 2.45) is 0 Å². The van der Waals surface area contributed by atoms with Crippen LogP contribution < -0.4 is 5.32 Å². The monoisotopic (exact) mass is 309 g/mol. The van der Waals surface area contributed by atoms with E-state index in [2.05, 4.69) is 27.4 Å². The van der Waals surface area contributed by atoms with E-state index in [1.807, 2.05) is 18.3 Å². The van der Waals surface area contributed by atoms with Crippen molar-refractivity contribution < 1.29 is 4.39 Å². The molecule has 0 saturated carbocycles. The van der Waals surface area contributed by atoms with Gasteiger partial charge in [0.25, 0.3) is 0 Å². The Morgan fingerprint density at radius 3 is 2.73 bits per heavy atom. The van der Waals surface area contributed by atoms with Crippen LogP contribution in [-0.4, -0.2) is 9.97 Å². The molecule has 3 aromatic rings. The molecule has 5 heteroatoms. The summed E-state index contributed by atoms with van der Waals surface area (Å²) in [5, 5.41) is 3.12. The number of anilines is 2. The number of nitrogens with zero attached hydrogens (tertiary/aromatic N) is 2. The Hall–Kier alpha value is -2.40. The first-order valence-electron chi connectivity index (χ1n) is 6.90. The number of hydrogen-bond acceptors (Lipinski definition) is 4. The van der Waals surface area contributed by atoms with Crippen LogP contribution in [0.15, 0.2) is 59.6 Å². The van der Waals surface area contributed by atoms with E-state index in [0.29, 0.717) is 5.95 Å². The lowest BCUT2D eigenvalue weighted by atomic mass is 10.1. The largest absolute Gasteiger partial charge is 0.324 e. The minimum Gasteiger partial charge on any atom is -0.324 e. The van der Waals surface area contributed by atoms with Crippen LogP contribution in [0.25, 0.3) is 11.3 Å². The third kappa shape index (κ3) is 2.44. The van der Waals surface area contributed by atoms with Crippen molar-refractivity contribution in [3.8, 4) is 11.3 Å². The van der Waals surface area contributed by atoms with E-state index in [4.69, 9.17) is 0 Å². The highest BCUT2D eigenvalue weighted by Crippen LogP contribution is 2.40. The highest BCUT2D eigenvalue weighted by atomic mass is 32.2. The maximum absolute atomic E-state index is 13.0. The van der Waals surface area contributed by atoms with Crippen molar-refractivity contribution in [3.63, 3.8) is 0 Å². The molecule has 22 heavy (non-hydrogen) atoms. The average molecular weight is 309 g/mol. The van der Waals surface area contributed by atoms with E-state index >= 15 is 0 Å². The SMILES string of the molecule is Fc1ccc(Nc2ncc3c(n2)-c2ccccc2SC3)cc1. The molecule has 1 aliphatic rings. The predicted octanol–water partition coefficient (Wildman–Crippen LogP) is 4.63. The minimum atomic E-state index is -0.261. The molecule has 0 amide bonds. The fourth-order valence-corrected chi connectivity index (χ4v) is 3.43. The van der Waals surface area contributed by atoms with Gasteiger partial charge in [0.2, 0.25) is 5.95 Å². The molecular weight excluding hydrogens is 297 g/mol. The highest BCUT2D eigenvalue weighted by Gasteiger charge is 2.18. The number of hydrogen-bond donors (Lipinski definition) is 1. The van der Waals surface area contributed by atoms with E-state index in [9.17, 15) is 4.39 Å². The summed E-state index contributed by atoms with van der Waals surface area (Å²) in [6, 6.07) is 14.4. The van der Waals surface area contributed by atoms with Gasteiger partial charge in [-0.15, -0.1) is 11.8 Å². The number of nitrogens with one attached hydrogen (secondary N) is 1. The van der Waals surface area contributed by atoms with Gasteiger partial charge in [-0.05, 0) is 30.3 Å². The highest BCUT2D eigenvalue weighted by molar-refractivity contribution is 7.98. The molecule has 2 heterocycles. The van der Waals surface area contributed by atoms with Gasteiger partial charge in [0, 0.05) is 33.7 Å². The Balaban J connectivity index is 1.71. The van der Waals surface area contributed by atoms with Crippen LogP contribution in [0, 0.1) is 5.82 Å². The normalized spacial score (nSPS) is 12.4. The first-order valence-corrected chi connectivity index (χ1v) is 7.89. The quantitative estimate of drug-likeness (QED) is 0.749. The molecule has 0 spiro atoms. The number of benzene rings is 2. The predicted molar refractivity (Wildman–Crippen MR) is 86.7 cm³/mol. The van der Waals surface area contributed by atoms with E-state index in [-0.39, 0.29) is 5.82 Å². The van der Waals surface area contributed by atoms with Gasteiger partial charge < -0.3 is 5.32 Å².